The Bertz CT molecular complexity index is 905. The van der Waals surface area contributed by atoms with Crippen LogP contribution in [0.2, 0.25) is 0 Å². The summed E-state index contributed by atoms with van der Waals surface area (Å²) in [6, 6.07) is 10.7. The van der Waals surface area contributed by atoms with Crippen LogP contribution in [0.1, 0.15) is 5.69 Å². The highest BCUT2D eigenvalue weighted by atomic mass is 32.2. The first-order valence-corrected chi connectivity index (χ1v) is 8.64. The van der Waals surface area contributed by atoms with Gasteiger partial charge in [0.05, 0.1) is 5.69 Å². The van der Waals surface area contributed by atoms with Gasteiger partial charge < -0.3 is 10.1 Å². The molecule has 0 spiro atoms. The molecule has 0 fully saturated rings. The molecule has 2 amide bonds. The van der Waals surface area contributed by atoms with Crippen molar-refractivity contribution in [3.8, 4) is 11.5 Å². The number of anilines is 1. The SMILES string of the molecule is CNC(=O)Nc1ncc(Sc2ccccn2)cc1Oc1cccnc1C. The molecule has 0 saturated heterocycles. The number of urea groups is 1. The largest absolute Gasteiger partial charge is 0.452 e. The normalized spacial score (nSPS) is 10.2. The van der Waals surface area contributed by atoms with E-state index in [0.29, 0.717) is 17.3 Å². The number of carbonyl (C=O) groups excluding carboxylic acids is 1. The molecular weight excluding hydrogens is 350 g/mol. The van der Waals surface area contributed by atoms with Crippen LogP contribution in [0.3, 0.4) is 0 Å². The summed E-state index contributed by atoms with van der Waals surface area (Å²) in [5.74, 6) is 1.33. The van der Waals surface area contributed by atoms with E-state index in [1.165, 1.54) is 18.8 Å². The highest BCUT2D eigenvalue weighted by Crippen LogP contribution is 2.34. The smallest absolute Gasteiger partial charge is 0.320 e. The Balaban J connectivity index is 1.92. The standard InChI is InChI=1S/C18H17N5O2S/c1-12-14(6-5-9-20-12)25-15-10-13(26-16-7-3-4-8-21-16)11-22-17(15)23-18(24)19-2/h3-11H,1-2H3,(H2,19,22,23,24). The molecule has 0 unspecified atom stereocenters. The fraction of sp³-hybridized carbons (Fsp3) is 0.111. The van der Waals surface area contributed by atoms with Gasteiger partial charge in [-0.15, -0.1) is 0 Å². The third-order valence-corrected chi connectivity index (χ3v) is 4.23. The minimum absolute atomic E-state index is 0.318. The molecule has 0 aliphatic carbocycles. The maximum Gasteiger partial charge on any atom is 0.320 e. The number of hydrogen-bond acceptors (Lipinski definition) is 6. The van der Waals surface area contributed by atoms with Gasteiger partial charge in [0.25, 0.3) is 0 Å². The summed E-state index contributed by atoms with van der Waals surface area (Å²) in [6.07, 6.45) is 5.08. The van der Waals surface area contributed by atoms with Gasteiger partial charge in [0.15, 0.2) is 11.6 Å². The highest BCUT2D eigenvalue weighted by Gasteiger charge is 2.13. The first-order valence-electron chi connectivity index (χ1n) is 7.83. The van der Waals surface area contributed by atoms with Crippen molar-refractivity contribution in [1.29, 1.82) is 0 Å². The average molecular weight is 367 g/mol. The number of aromatic nitrogens is 3. The van der Waals surface area contributed by atoms with Crippen LogP contribution in [0.5, 0.6) is 11.5 Å². The van der Waals surface area contributed by atoms with E-state index in [1.807, 2.05) is 37.3 Å². The Hall–Kier alpha value is -3.13. The van der Waals surface area contributed by atoms with Gasteiger partial charge in [-0.1, -0.05) is 17.8 Å². The van der Waals surface area contributed by atoms with Gasteiger partial charge in [-0.25, -0.2) is 14.8 Å². The van der Waals surface area contributed by atoms with Crippen molar-refractivity contribution in [2.45, 2.75) is 16.8 Å². The number of aryl methyl sites for hydroxylation is 1. The molecule has 0 bridgehead atoms. The first kappa shape index (κ1) is 17.7. The molecule has 3 aromatic rings. The Kier molecular flexibility index (Phi) is 5.65. The van der Waals surface area contributed by atoms with Crippen molar-refractivity contribution in [3.05, 3.63) is 60.7 Å². The first-order chi connectivity index (χ1) is 12.7. The molecule has 0 aliphatic heterocycles. The van der Waals surface area contributed by atoms with Crippen LogP contribution < -0.4 is 15.4 Å². The van der Waals surface area contributed by atoms with Gasteiger partial charge in [0, 0.05) is 36.6 Å². The summed E-state index contributed by atoms with van der Waals surface area (Å²) in [6.45, 7) is 1.85. The van der Waals surface area contributed by atoms with E-state index in [2.05, 4.69) is 25.6 Å². The molecule has 0 aliphatic rings. The van der Waals surface area contributed by atoms with Crippen LogP contribution in [0, 0.1) is 6.92 Å². The third-order valence-electron chi connectivity index (χ3n) is 3.33. The second kappa shape index (κ2) is 8.30. The molecular formula is C18H17N5O2S. The van der Waals surface area contributed by atoms with Crippen LogP contribution in [0.4, 0.5) is 10.6 Å². The minimum atomic E-state index is -0.379. The molecule has 0 saturated carbocycles. The Morgan fingerprint density at radius 2 is 1.92 bits per heavy atom. The predicted octanol–water partition coefficient (Wildman–Crippen LogP) is 3.87. The molecule has 3 rings (SSSR count). The molecule has 3 heterocycles. The van der Waals surface area contributed by atoms with Crippen LogP contribution in [-0.4, -0.2) is 28.0 Å². The maximum absolute atomic E-state index is 11.7. The highest BCUT2D eigenvalue weighted by molar-refractivity contribution is 7.99. The van der Waals surface area contributed by atoms with Crippen molar-refractivity contribution in [2.75, 3.05) is 12.4 Å². The van der Waals surface area contributed by atoms with Gasteiger partial charge in [-0.3, -0.25) is 10.3 Å². The molecule has 7 nitrogen and oxygen atoms in total. The van der Waals surface area contributed by atoms with Gasteiger partial charge in [0.1, 0.15) is 10.8 Å². The Morgan fingerprint density at radius 1 is 1.08 bits per heavy atom. The number of pyridine rings is 3. The topological polar surface area (TPSA) is 89.0 Å². The summed E-state index contributed by atoms with van der Waals surface area (Å²) in [5, 5.41) is 5.99. The molecule has 3 aromatic heterocycles. The lowest BCUT2D eigenvalue weighted by atomic mass is 10.3. The zero-order valence-electron chi connectivity index (χ0n) is 14.3. The second-order valence-electron chi connectivity index (χ2n) is 5.18. The van der Waals surface area contributed by atoms with Crippen molar-refractivity contribution in [3.63, 3.8) is 0 Å². The van der Waals surface area contributed by atoms with Gasteiger partial charge >= 0.3 is 6.03 Å². The maximum atomic E-state index is 11.7. The predicted molar refractivity (Wildman–Crippen MR) is 99.7 cm³/mol. The van der Waals surface area contributed by atoms with Crippen LogP contribution in [0.25, 0.3) is 0 Å². The van der Waals surface area contributed by atoms with E-state index in [4.69, 9.17) is 4.74 Å². The number of carbonyl (C=O) groups is 1. The quantitative estimate of drug-likeness (QED) is 0.711. The van der Waals surface area contributed by atoms with Crippen molar-refractivity contribution < 1.29 is 9.53 Å². The molecule has 0 radical (unpaired) electrons. The van der Waals surface area contributed by atoms with Crippen molar-refractivity contribution in [2.24, 2.45) is 0 Å². The number of nitrogens with one attached hydrogen (secondary N) is 2. The fourth-order valence-corrected chi connectivity index (χ4v) is 2.82. The van der Waals surface area contributed by atoms with E-state index in [-0.39, 0.29) is 6.03 Å². The van der Waals surface area contributed by atoms with E-state index < -0.39 is 0 Å². The molecule has 0 atom stereocenters. The lowest BCUT2D eigenvalue weighted by molar-refractivity contribution is 0.253. The Morgan fingerprint density at radius 3 is 2.65 bits per heavy atom. The summed E-state index contributed by atoms with van der Waals surface area (Å²) in [4.78, 5) is 25.3. The van der Waals surface area contributed by atoms with E-state index in [0.717, 1.165) is 15.6 Å². The third kappa shape index (κ3) is 4.48. The monoisotopic (exact) mass is 367 g/mol. The lowest BCUT2D eigenvalue weighted by Gasteiger charge is -2.13. The van der Waals surface area contributed by atoms with E-state index >= 15 is 0 Å². The number of nitrogens with zero attached hydrogens (tertiary/aromatic N) is 3. The number of hydrogen-bond donors (Lipinski definition) is 2. The van der Waals surface area contributed by atoms with Crippen LogP contribution in [-0.2, 0) is 0 Å². The van der Waals surface area contributed by atoms with Crippen molar-refractivity contribution in [1.82, 2.24) is 20.3 Å². The average Bonchev–Trinajstić information content (AvgIpc) is 2.66. The summed E-state index contributed by atoms with van der Waals surface area (Å²) in [7, 11) is 1.53. The molecule has 2 N–H and O–H groups in total. The van der Waals surface area contributed by atoms with Crippen molar-refractivity contribution >= 4 is 23.6 Å². The lowest BCUT2D eigenvalue weighted by Crippen LogP contribution is -2.25. The Labute approximate surface area is 155 Å². The summed E-state index contributed by atoms with van der Waals surface area (Å²) < 4.78 is 5.96. The zero-order chi connectivity index (χ0) is 18.4. The fourth-order valence-electron chi connectivity index (χ4n) is 2.05. The van der Waals surface area contributed by atoms with E-state index in [9.17, 15) is 4.79 Å². The van der Waals surface area contributed by atoms with Crippen LogP contribution in [0.15, 0.2) is 64.9 Å². The number of amides is 2. The zero-order valence-corrected chi connectivity index (χ0v) is 15.1. The second-order valence-corrected chi connectivity index (χ2v) is 6.27. The van der Waals surface area contributed by atoms with Gasteiger partial charge in [-0.05, 0) is 31.2 Å². The van der Waals surface area contributed by atoms with E-state index in [1.54, 1.807) is 24.7 Å². The molecule has 26 heavy (non-hydrogen) atoms. The van der Waals surface area contributed by atoms with Gasteiger partial charge in [0.2, 0.25) is 0 Å². The summed E-state index contributed by atoms with van der Waals surface area (Å²) in [5.41, 5.74) is 0.737. The van der Waals surface area contributed by atoms with Crippen LogP contribution >= 0.6 is 11.8 Å². The number of rotatable bonds is 5. The number of ether oxygens (including phenoxy) is 1. The minimum Gasteiger partial charge on any atom is -0.452 e. The molecule has 132 valence electrons. The summed E-state index contributed by atoms with van der Waals surface area (Å²) >= 11 is 1.45. The molecule has 0 aromatic carbocycles. The van der Waals surface area contributed by atoms with Gasteiger partial charge in [-0.2, -0.15) is 0 Å². The molecule has 8 heteroatoms.